The summed E-state index contributed by atoms with van der Waals surface area (Å²) < 4.78 is 0. The fourth-order valence-electron chi connectivity index (χ4n) is 0.133. The summed E-state index contributed by atoms with van der Waals surface area (Å²) in [6.07, 6.45) is 1.22. The highest BCUT2D eigenvalue weighted by Crippen LogP contribution is 1.42. The van der Waals surface area contributed by atoms with Crippen molar-refractivity contribution in [3.8, 4) is 0 Å². The zero-order chi connectivity index (χ0) is 4.24. The van der Waals surface area contributed by atoms with Crippen LogP contribution >= 0.6 is 0 Å². The van der Waals surface area contributed by atoms with E-state index in [2.05, 4.69) is 25.8 Å². The summed E-state index contributed by atoms with van der Waals surface area (Å²) in [6, 6.07) is 0. The van der Waals surface area contributed by atoms with E-state index in [1.165, 1.54) is 6.33 Å². The standard InChI is InChI=1S/CHN5/c1-2-4-6-5-3-1/h1H. The van der Waals surface area contributed by atoms with E-state index < -0.39 is 0 Å². The van der Waals surface area contributed by atoms with Crippen molar-refractivity contribution in [2.75, 3.05) is 0 Å². The Bertz CT molecular complexity index is 75.9. The van der Waals surface area contributed by atoms with Gasteiger partial charge in [-0.25, -0.2) is 0 Å². The lowest BCUT2D eigenvalue weighted by Gasteiger charge is -1.65. The minimum Gasteiger partial charge on any atom is -0.115 e. The van der Waals surface area contributed by atoms with Crippen molar-refractivity contribution >= 4 is 0 Å². The second-order valence-corrected chi connectivity index (χ2v) is 0.615. The Hall–Kier alpha value is -1.13. The van der Waals surface area contributed by atoms with Gasteiger partial charge in [0.25, 0.3) is 0 Å². The Kier molecular flexibility index (Phi) is 0.689. The maximum Gasteiger partial charge on any atom is 0.164 e. The van der Waals surface area contributed by atoms with Crippen LogP contribution in [0.25, 0.3) is 0 Å². The van der Waals surface area contributed by atoms with Crippen molar-refractivity contribution < 1.29 is 0 Å². The van der Waals surface area contributed by atoms with Crippen molar-refractivity contribution in [3.05, 3.63) is 6.33 Å². The number of rotatable bonds is 0. The van der Waals surface area contributed by atoms with Crippen molar-refractivity contribution in [1.29, 1.82) is 0 Å². The summed E-state index contributed by atoms with van der Waals surface area (Å²) in [7, 11) is 0. The molecule has 0 unspecified atom stereocenters. The predicted octanol–water partition coefficient (Wildman–Crippen LogP) is -1.34. The van der Waals surface area contributed by atoms with Gasteiger partial charge in [0, 0.05) is 0 Å². The number of aromatic nitrogens is 5. The molecule has 0 saturated carbocycles. The molecule has 0 aliphatic carbocycles. The fourth-order valence-corrected chi connectivity index (χ4v) is 0.133. The Labute approximate surface area is 33.4 Å². The highest BCUT2D eigenvalue weighted by Gasteiger charge is 1.62. The van der Waals surface area contributed by atoms with E-state index in [1.54, 1.807) is 0 Å². The van der Waals surface area contributed by atoms with Gasteiger partial charge in [-0.1, -0.05) is 0 Å². The summed E-state index contributed by atoms with van der Waals surface area (Å²) in [4.78, 5) is 0. The molecule has 1 heterocycles. The Morgan fingerprint density at radius 1 is 0.833 bits per heavy atom. The van der Waals surface area contributed by atoms with Crippen LogP contribution in [0.4, 0.5) is 0 Å². The average molecular weight is 83.1 g/mol. The fraction of sp³-hybridized carbons (Fsp3) is 0. The van der Waals surface area contributed by atoms with Gasteiger partial charge in [-0.3, -0.25) is 0 Å². The third-order valence-corrected chi connectivity index (χ3v) is 0.287. The summed E-state index contributed by atoms with van der Waals surface area (Å²) in [5, 5.41) is 15.8. The highest BCUT2D eigenvalue weighted by atomic mass is 15.5. The lowest BCUT2D eigenvalue weighted by molar-refractivity contribution is 0.678. The van der Waals surface area contributed by atoms with Crippen LogP contribution < -0.4 is 0 Å². The minimum absolute atomic E-state index is 1.22. The summed E-state index contributed by atoms with van der Waals surface area (Å²) in [6.45, 7) is 0. The smallest absolute Gasteiger partial charge is 0.115 e. The highest BCUT2D eigenvalue weighted by molar-refractivity contribution is 4.22. The molecule has 0 saturated heterocycles. The maximum absolute atomic E-state index is 3.25. The minimum atomic E-state index is 1.22. The van der Waals surface area contributed by atoms with Gasteiger partial charge in [-0.05, 0) is 15.6 Å². The van der Waals surface area contributed by atoms with Gasteiger partial charge in [-0.2, -0.15) is 0 Å². The van der Waals surface area contributed by atoms with E-state index in [1.807, 2.05) is 0 Å². The third-order valence-electron chi connectivity index (χ3n) is 0.287. The Morgan fingerprint density at radius 2 is 1.50 bits per heavy atom. The molecule has 0 fully saturated rings. The van der Waals surface area contributed by atoms with Crippen LogP contribution in [-0.2, 0) is 0 Å². The second-order valence-electron chi connectivity index (χ2n) is 0.615. The molecule has 0 atom stereocenters. The molecule has 0 aliphatic heterocycles. The molecule has 1 aromatic rings. The Balaban J connectivity index is 3.00. The Morgan fingerprint density at radius 3 is 1.67 bits per heavy atom. The number of nitrogens with zero attached hydrogens (tertiary/aromatic N) is 5. The molecule has 30 valence electrons. The first-order valence-electron chi connectivity index (χ1n) is 1.32. The van der Waals surface area contributed by atoms with Gasteiger partial charge in [-0.15, -0.1) is 10.2 Å². The van der Waals surface area contributed by atoms with Gasteiger partial charge in [0.05, 0.1) is 0 Å². The van der Waals surface area contributed by atoms with Crippen LogP contribution in [0.2, 0.25) is 0 Å². The molecule has 5 nitrogen and oxygen atoms in total. The maximum atomic E-state index is 3.25. The molecule has 0 aromatic carbocycles. The summed E-state index contributed by atoms with van der Waals surface area (Å²) >= 11 is 0. The molecule has 0 bridgehead atoms. The normalized spacial score (nSPS) is 8.00. The lowest BCUT2D eigenvalue weighted by atomic mass is 11.4. The van der Waals surface area contributed by atoms with Crippen molar-refractivity contribution in [2.45, 2.75) is 0 Å². The second kappa shape index (κ2) is 1.34. The summed E-state index contributed by atoms with van der Waals surface area (Å²) in [5.41, 5.74) is 0. The van der Waals surface area contributed by atoms with Crippen molar-refractivity contribution in [3.63, 3.8) is 0 Å². The quantitative estimate of drug-likeness (QED) is 0.388. The first-order chi connectivity index (χ1) is 3.00. The average Bonchev–Trinajstić information content (AvgIpc) is 1.72. The SMILES string of the molecule is c1nnnnn1. The van der Waals surface area contributed by atoms with E-state index >= 15 is 0 Å². The number of hydrogen-bond donors (Lipinski definition) is 0. The number of hydrogen-bond acceptors (Lipinski definition) is 5. The van der Waals surface area contributed by atoms with Crippen LogP contribution in [-0.4, -0.2) is 25.8 Å². The van der Waals surface area contributed by atoms with Crippen LogP contribution in [0.1, 0.15) is 0 Å². The van der Waals surface area contributed by atoms with E-state index in [4.69, 9.17) is 0 Å². The van der Waals surface area contributed by atoms with E-state index in [0.717, 1.165) is 0 Å². The van der Waals surface area contributed by atoms with Crippen LogP contribution in [0.15, 0.2) is 6.33 Å². The molecule has 0 amide bonds. The molecule has 1 aromatic heterocycles. The molecule has 0 radical (unpaired) electrons. The van der Waals surface area contributed by atoms with E-state index in [-0.39, 0.29) is 0 Å². The molecule has 1 rings (SSSR count). The van der Waals surface area contributed by atoms with E-state index in [0.29, 0.717) is 0 Å². The molecule has 6 heavy (non-hydrogen) atoms. The van der Waals surface area contributed by atoms with Crippen LogP contribution in [0, 0.1) is 0 Å². The van der Waals surface area contributed by atoms with Crippen molar-refractivity contribution in [2.24, 2.45) is 0 Å². The molecule has 5 heteroatoms. The van der Waals surface area contributed by atoms with Gasteiger partial charge >= 0.3 is 0 Å². The topological polar surface area (TPSA) is 64.5 Å². The molecular formula is CHN5. The largest absolute Gasteiger partial charge is 0.164 e. The van der Waals surface area contributed by atoms with Gasteiger partial charge in [0.2, 0.25) is 0 Å². The van der Waals surface area contributed by atoms with Gasteiger partial charge < -0.3 is 0 Å². The van der Waals surface area contributed by atoms with Gasteiger partial charge in [0.15, 0.2) is 6.33 Å². The lowest BCUT2D eigenvalue weighted by Crippen LogP contribution is -1.89. The molecule has 0 spiro atoms. The third kappa shape index (κ3) is 0.423. The zero-order valence-electron chi connectivity index (χ0n) is 2.81. The summed E-state index contributed by atoms with van der Waals surface area (Å²) in [5.74, 6) is 0. The van der Waals surface area contributed by atoms with Crippen LogP contribution in [0.3, 0.4) is 0 Å². The van der Waals surface area contributed by atoms with Crippen molar-refractivity contribution in [1.82, 2.24) is 25.8 Å². The molecule has 0 aliphatic rings. The predicted molar refractivity (Wildman–Crippen MR) is 15.4 cm³/mol. The van der Waals surface area contributed by atoms with E-state index in [9.17, 15) is 0 Å². The van der Waals surface area contributed by atoms with Crippen LogP contribution in [0.5, 0.6) is 0 Å². The monoisotopic (exact) mass is 83.0 g/mol. The molecule has 0 N–H and O–H groups in total. The molecular weight excluding hydrogens is 82.0 g/mol. The first-order valence-corrected chi connectivity index (χ1v) is 1.32. The van der Waals surface area contributed by atoms with Gasteiger partial charge in [0.1, 0.15) is 0 Å². The first kappa shape index (κ1) is 3.08. The zero-order valence-corrected chi connectivity index (χ0v) is 2.81.